The van der Waals surface area contributed by atoms with Crippen LogP contribution >= 0.6 is 11.6 Å². The quantitative estimate of drug-likeness (QED) is 0.772. The van der Waals surface area contributed by atoms with Gasteiger partial charge in [-0.15, -0.1) is 0 Å². The van der Waals surface area contributed by atoms with E-state index < -0.39 is 10.0 Å². The Kier molecular flexibility index (Phi) is 3.83. The van der Waals surface area contributed by atoms with Crippen LogP contribution in [-0.2, 0) is 10.0 Å². The maximum atomic E-state index is 13.0. The number of hydrogen-bond donors (Lipinski definition) is 1. The molecule has 2 aromatic carbocycles. The molecule has 1 aromatic heterocycles. The molecule has 0 saturated carbocycles. The van der Waals surface area contributed by atoms with Gasteiger partial charge in [-0.05, 0) is 43.2 Å². The third-order valence-electron chi connectivity index (χ3n) is 4.33. The largest absolute Gasteiger partial charge is 0.341 e. The van der Waals surface area contributed by atoms with Crippen molar-refractivity contribution in [3.8, 4) is 0 Å². The maximum absolute atomic E-state index is 13.0. The third-order valence-corrected chi connectivity index (χ3v) is 6.47. The summed E-state index contributed by atoms with van der Waals surface area (Å²) in [4.78, 5) is 8.06. The van der Waals surface area contributed by atoms with E-state index in [1.54, 1.807) is 18.2 Å². The summed E-state index contributed by atoms with van der Waals surface area (Å²) >= 11 is 5.96. The molecule has 0 bridgehead atoms. The van der Waals surface area contributed by atoms with Crippen LogP contribution in [0.25, 0.3) is 11.0 Å². The molecule has 4 rings (SSSR count). The van der Waals surface area contributed by atoms with Crippen LogP contribution in [-0.4, -0.2) is 29.2 Å². The number of nitrogens with zero attached hydrogens (tertiary/aromatic N) is 2. The highest BCUT2D eigenvalue weighted by Crippen LogP contribution is 2.36. The number of hydrogen-bond acceptors (Lipinski definition) is 3. The zero-order chi connectivity index (χ0) is 16.7. The van der Waals surface area contributed by atoms with Gasteiger partial charge in [-0.25, -0.2) is 13.4 Å². The van der Waals surface area contributed by atoms with Gasteiger partial charge in [0.2, 0.25) is 10.0 Å². The Morgan fingerprint density at radius 1 is 1.17 bits per heavy atom. The molecule has 0 radical (unpaired) electrons. The molecule has 5 nitrogen and oxygen atoms in total. The molecule has 1 atom stereocenters. The Bertz CT molecular complexity index is 967. The van der Waals surface area contributed by atoms with Crippen molar-refractivity contribution in [2.75, 3.05) is 6.54 Å². The summed E-state index contributed by atoms with van der Waals surface area (Å²) in [5, 5.41) is 0.413. The first-order chi connectivity index (χ1) is 11.6. The van der Waals surface area contributed by atoms with Crippen molar-refractivity contribution in [1.29, 1.82) is 0 Å². The lowest BCUT2D eigenvalue weighted by Crippen LogP contribution is -2.31. The Morgan fingerprint density at radius 2 is 2.00 bits per heavy atom. The molecule has 3 aromatic rings. The summed E-state index contributed by atoms with van der Waals surface area (Å²) in [5.41, 5.74) is 1.76. The Morgan fingerprint density at radius 3 is 2.79 bits per heavy atom. The van der Waals surface area contributed by atoms with Gasteiger partial charge in [0.1, 0.15) is 5.82 Å². The van der Waals surface area contributed by atoms with Crippen LogP contribution in [0.4, 0.5) is 0 Å². The zero-order valence-corrected chi connectivity index (χ0v) is 14.4. The Labute approximate surface area is 145 Å². The predicted octanol–water partition coefficient (Wildman–Crippen LogP) is 3.74. The highest BCUT2D eigenvalue weighted by Gasteiger charge is 2.37. The second-order valence-corrected chi connectivity index (χ2v) is 8.20. The van der Waals surface area contributed by atoms with Crippen LogP contribution < -0.4 is 0 Å². The number of rotatable bonds is 3. The van der Waals surface area contributed by atoms with E-state index in [4.69, 9.17) is 11.6 Å². The molecule has 1 aliphatic heterocycles. The fourth-order valence-corrected chi connectivity index (χ4v) is 5.16. The minimum Gasteiger partial charge on any atom is -0.341 e. The Balaban J connectivity index is 1.74. The highest BCUT2D eigenvalue weighted by molar-refractivity contribution is 7.89. The number of aromatic amines is 1. The number of nitrogens with one attached hydrogen (secondary N) is 1. The van der Waals surface area contributed by atoms with Gasteiger partial charge in [-0.1, -0.05) is 29.8 Å². The van der Waals surface area contributed by atoms with E-state index in [1.165, 1.54) is 10.4 Å². The molecule has 0 spiro atoms. The molecule has 0 aliphatic carbocycles. The molecular weight excluding hydrogens is 346 g/mol. The van der Waals surface area contributed by atoms with Gasteiger partial charge >= 0.3 is 0 Å². The number of sulfonamides is 1. The number of imidazole rings is 1. The number of aromatic nitrogens is 2. The lowest BCUT2D eigenvalue weighted by atomic mass is 10.2. The van der Waals surface area contributed by atoms with E-state index in [0.29, 0.717) is 17.4 Å². The average Bonchev–Trinajstić information content (AvgIpc) is 3.21. The van der Waals surface area contributed by atoms with Crippen LogP contribution in [0, 0.1) is 0 Å². The standard InChI is InChI=1S/C17H16ClN3O2S/c18-12-5-3-6-13(11-12)24(22,23)21-10-4-9-16(21)17-19-14-7-1-2-8-15(14)20-17/h1-3,5-8,11,16H,4,9-10H2,(H,19,20). The SMILES string of the molecule is O=S(=O)(c1cccc(Cl)c1)N1CCCC1c1nc2ccccc2[nH]1. The van der Waals surface area contributed by atoms with Crippen LogP contribution in [0.5, 0.6) is 0 Å². The van der Waals surface area contributed by atoms with Crippen molar-refractivity contribution < 1.29 is 8.42 Å². The maximum Gasteiger partial charge on any atom is 0.243 e. The average molecular weight is 362 g/mol. The van der Waals surface area contributed by atoms with Gasteiger partial charge in [-0.3, -0.25) is 0 Å². The van der Waals surface area contributed by atoms with Gasteiger partial charge in [-0.2, -0.15) is 4.31 Å². The summed E-state index contributed by atoms with van der Waals surface area (Å²) in [5.74, 6) is 0.694. The highest BCUT2D eigenvalue weighted by atomic mass is 35.5. The van der Waals surface area contributed by atoms with E-state index in [2.05, 4.69) is 9.97 Å². The second kappa shape index (κ2) is 5.88. The first-order valence-corrected chi connectivity index (χ1v) is 9.59. The summed E-state index contributed by atoms with van der Waals surface area (Å²) in [6.45, 7) is 0.483. The molecule has 0 amide bonds. The molecule has 2 heterocycles. The van der Waals surface area contributed by atoms with E-state index in [1.807, 2.05) is 24.3 Å². The molecule has 1 aliphatic rings. The fourth-order valence-electron chi connectivity index (χ4n) is 3.19. The van der Waals surface area contributed by atoms with Crippen molar-refractivity contribution in [1.82, 2.24) is 14.3 Å². The van der Waals surface area contributed by atoms with Gasteiger partial charge in [0.25, 0.3) is 0 Å². The normalized spacial score (nSPS) is 19.1. The van der Waals surface area contributed by atoms with Crippen molar-refractivity contribution in [3.63, 3.8) is 0 Å². The van der Waals surface area contributed by atoms with E-state index in [9.17, 15) is 8.42 Å². The van der Waals surface area contributed by atoms with Crippen molar-refractivity contribution in [2.45, 2.75) is 23.8 Å². The monoisotopic (exact) mass is 361 g/mol. The van der Waals surface area contributed by atoms with Gasteiger partial charge in [0.05, 0.1) is 22.0 Å². The topological polar surface area (TPSA) is 66.1 Å². The van der Waals surface area contributed by atoms with Crippen LogP contribution in [0.3, 0.4) is 0 Å². The number of para-hydroxylation sites is 2. The lowest BCUT2D eigenvalue weighted by molar-refractivity contribution is 0.385. The first-order valence-electron chi connectivity index (χ1n) is 7.78. The summed E-state index contributed by atoms with van der Waals surface area (Å²) < 4.78 is 27.5. The number of benzene rings is 2. The minimum absolute atomic E-state index is 0.220. The van der Waals surface area contributed by atoms with E-state index in [-0.39, 0.29) is 10.9 Å². The summed E-state index contributed by atoms with van der Waals surface area (Å²) in [6, 6.07) is 13.8. The third kappa shape index (κ3) is 2.60. The number of H-pyrrole nitrogens is 1. The second-order valence-electron chi connectivity index (χ2n) is 5.87. The van der Waals surface area contributed by atoms with Crippen LogP contribution in [0.15, 0.2) is 53.4 Å². The predicted molar refractivity (Wildman–Crippen MR) is 93.4 cm³/mol. The van der Waals surface area contributed by atoms with Crippen molar-refractivity contribution in [2.24, 2.45) is 0 Å². The molecule has 1 fully saturated rings. The molecule has 7 heteroatoms. The molecular formula is C17H16ClN3O2S. The molecule has 124 valence electrons. The van der Waals surface area contributed by atoms with Gasteiger partial charge in [0.15, 0.2) is 0 Å². The summed E-state index contributed by atoms with van der Waals surface area (Å²) in [7, 11) is -3.61. The first kappa shape index (κ1) is 15.6. The number of halogens is 1. The van der Waals surface area contributed by atoms with Crippen molar-refractivity contribution in [3.05, 3.63) is 59.4 Å². The van der Waals surface area contributed by atoms with Crippen molar-refractivity contribution >= 4 is 32.7 Å². The van der Waals surface area contributed by atoms with Crippen LogP contribution in [0.2, 0.25) is 5.02 Å². The minimum atomic E-state index is -3.61. The zero-order valence-electron chi connectivity index (χ0n) is 12.8. The molecule has 24 heavy (non-hydrogen) atoms. The summed E-state index contributed by atoms with van der Waals surface area (Å²) in [6.07, 6.45) is 1.56. The van der Waals surface area contributed by atoms with E-state index in [0.717, 1.165) is 23.9 Å². The fraction of sp³-hybridized carbons (Fsp3) is 0.235. The van der Waals surface area contributed by atoms with Gasteiger partial charge in [0, 0.05) is 11.6 Å². The lowest BCUT2D eigenvalue weighted by Gasteiger charge is -2.22. The Hall–Kier alpha value is -1.89. The molecule has 1 N–H and O–H groups in total. The molecule has 1 saturated heterocycles. The number of fused-ring (bicyclic) bond motifs is 1. The van der Waals surface area contributed by atoms with Crippen LogP contribution in [0.1, 0.15) is 24.7 Å². The molecule has 1 unspecified atom stereocenters. The van der Waals surface area contributed by atoms with Gasteiger partial charge < -0.3 is 4.98 Å². The smallest absolute Gasteiger partial charge is 0.243 e. The van der Waals surface area contributed by atoms with E-state index >= 15 is 0 Å².